The normalized spacial score (nSPS) is 18.5. The molecule has 0 spiro atoms. The molecule has 0 aliphatic carbocycles. The molecule has 4 rings (SSSR count). The number of aromatic nitrogens is 4. The Kier molecular flexibility index (Phi) is 4.78. The van der Waals surface area contributed by atoms with Crippen molar-refractivity contribution in [3.63, 3.8) is 0 Å². The third-order valence-corrected chi connectivity index (χ3v) is 5.11. The van der Waals surface area contributed by atoms with Crippen LogP contribution in [0.4, 0.5) is 0 Å². The van der Waals surface area contributed by atoms with Crippen molar-refractivity contribution in [3.05, 3.63) is 48.8 Å². The molecule has 2 aromatic heterocycles. The van der Waals surface area contributed by atoms with Gasteiger partial charge in [-0.1, -0.05) is 0 Å². The van der Waals surface area contributed by atoms with Crippen LogP contribution >= 0.6 is 0 Å². The highest BCUT2D eigenvalue weighted by Crippen LogP contribution is 2.32. The van der Waals surface area contributed by atoms with Gasteiger partial charge >= 0.3 is 0 Å². The van der Waals surface area contributed by atoms with Crippen LogP contribution in [-0.4, -0.2) is 42.3 Å². The van der Waals surface area contributed by atoms with Gasteiger partial charge in [0.2, 0.25) is 5.88 Å². The number of nitrogens with zero attached hydrogens (tertiary/aromatic N) is 4. The molecule has 0 unspecified atom stereocenters. The van der Waals surface area contributed by atoms with Gasteiger partial charge in [0.25, 0.3) is 0 Å². The summed E-state index contributed by atoms with van der Waals surface area (Å²) in [6.07, 6.45) is 5.39. The standard InChI is InChI=1S/C22H27N5O2/c1-21(2)13-16(14-22(3,4)26-21)29-20-9-8-18(24-25-20)17-7-6-15(12-19(17)28)27-11-5-10-23-27/h5-12,16,26,28H,13-14H2,1-4H3. The molecule has 1 saturated heterocycles. The second kappa shape index (κ2) is 7.15. The molecule has 152 valence electrons. The van der Waals surface area contributed by atoms with Crippen molar-refractivity contribution in [3.8, 4) is 28.6 Å². The van der Waals surface area contributed by atoms with E-state index < -0.39 is 0 Å². The minimum Gasteiger partial charge on any atom is -0.507 e. The van der Waals surface area contributed by atoms with E-state index in [2.05, 4.69) is 48.3 Å². The van der Waals surface area contributed by atoms with Gasteiger partial charge in [-0.2, -0.15) is 5.10 Å². The first kappa shape index (κ1) is 19.4. The maximum absolute atomic E-state index is 10.4. The molecule has 0 atom stereocenters. The second-order valence-electron chi connectivity index (χ2n) is 8.95. The van der Waals surface area contributed by atoms with Gasteiger partial charge in [-0.25, -0.2) is 4.68 Å². The predicted molar refractivity (Wildman–Crippen MR) is 111 cm³/mol. The maximum Gasteiger partial charge on any atom is 0.233 e. The Morgan fingerprint density at radius 3 is 2.41 bits per heavy atom. The second-order valence-corrected chi connectivity index (χ2v) is 8.95. The van der Waals surface area contributed by atoms with E-state index in [1.165, 1.54) is 0 Å². The molecule has 0 radical (unpaired) electrons. The number of hydrogen-bond donors (Lipinski definition) is 2. The Hall–Kier alpha value is -2.93. The van der Waals surface area contributed by atoms with Gasteiger partial charge < -0.3 is 15.2 Å². The van der Waals surface area contributed by atoms with Gasteiger partial charge in [0.05, 0.1) is 11.4 Å². The first-order chi connectivity index (χ1) is 13.7. The van der Waals surface area contributed by atoms with Crippen molar-refractivity contribution >= 4 is 0 Å². The van der Waals surface area contributed by atoms with Gasteiger partial charge in [0, 0.05) is 54.0 Å². The number of aromatic hydroxyl groups is 1. The Morgan fingerprint density at radius 1 is 1.07 bits per heavy atom. The van der Waals surface area contributed by atoms with E-state index >= 15 is 0 Å². The SMILES string of the molecule is CC1(C)CC(Oc2ccc(-c3ccc(-n4cccn4)cc3O)nn2)CC(C)(C)N1. The number of piperidine rings is 1. The summed E-state index contributed by atoms with van der Waals surface area (Å²) in [4.78, 5) is 0. The molecule has 3 heterocycles. The fraction of sp³-hybridized carbons (Fsp3) is 0.409. The predicted octanol–water partition coefficient (Wildman–Crippen LogP) is 3.72. The Balaban J connectivity index is 1.50. The Bertz CT molecular complexity index is 965. The van der Waals surface area contributed by atoms with Crippen molar-refractivity contribution in [2.24, 2.45) is 0 Å². The summed E-state index contributed by atoms with van der Waals surface area (Å²) in [5.74, 6) is 0.628. The number of ether oxygens (including phenoxy) is 1. The van der Waals surface area contributed by atoms with Crippen molar-refractivity contribution in [1.82, 2.24) is 25.3 Å². The Labute approximate surface area is 170 Å². The lowest BCUT2D eigenvalue weighted by Gasteiger charge is -2.46. The topological polar surface area (TPSA) is 85.1 Å². The smallest absolute Gasteiger partial charge is 0.233 e. The molecule has 0 saturated carbocycles. The van der Waals surface area contributed by atoms with E-state index in [0.717, 1.165) is 18.5 Å². The summed E-state index contributed by atoms with van der Waals surface area (Å²) in [6.45, 7) is 8.76. The lowest BCUT2D eigenvalue weighted by atomic mass is 9.81. The van der Waals surface area contributed by atoms with E-state index in [4.69, 9.17) is 4.74 Å². The first-order valence-corrected chi connectivity index (χ1v) is 9.84. The maximum atomic E-state index is 10.4. The average Bonchev–Trinajstić information content (AvgIpc) is 3.14. The van der Waals surface area contributed by atoms with Crippen LogP contribution in [0.1, 0.15) is 40.5 Å². The monoisotopic (exact) mass is 393 g/mol. The number of benzene rings is 1. The molecule has 29 heavy (non-hydrogen) atoms. The van der Waals surface area contributed by atoms with Crippen LogP contribution in [0.5, 0.6) is 11.6 Å². The fourth-order valence-electron chi connectivity index (χ4n) is 4.31. The summed E-state index contributed by atoms with van der Waals surface area (Å²) in [6, 6.07) is 10.8. The molecule has 0 amide bonds. The highest BCUT2D eigenvalue weighted by Gasteiger charge is 2.38. The zero-order chi connectivity index (χ0) is 20.6. The summed E-state index contributed by atoms with van der Waals surface area (Å²) >= 11 is 0. The fourth-order valence-corrected chi connectivity index (χ4v) is 4.31. The lowest BCUT2D eigenvalue weighted by Crippen LogP contribution is -2.60. The summed E-state index contributed by atoms with van der Waals surface area (Å²) in [7, 11) is 0. The minimum atomic E-state index is 0.00188. The molecule has 7 nitrogen and oxygen atoms in total. The summed E-state index contributed by atoms with van der Waals surface area (Å²) < 4.78 is 7.82. The highest BCUT2D eigenvalue weighted by molar-refractivity contribution is 5.68. The van der Waals surface area contributed by atoms with Crippen LogP contribution in [0.2, 0.25) is 0 Å². The number of nitrogens with one attached hydrogen (secondary N) is 1. The number of phenols is 1. The van der Waals surface area contributed by atoms with Crippen molar-refractivity contribution in [1.29, 1.82) is 0 Å². The molecule has 7 heteroatoms. The quantitative estimate of drug-likeness (QED) is 0.703. The zero-order valence-corrected chi connectivity index (χ0v) is 17.3. The number of rotatable bonds is 4. The van der Waals surface area contributed by atoms with Crippen LogP contribution in [0.25, 0.3) is 16.9 Å². The third-order valence-electron chi connectivity index (χ3n) is 5.11. The van der Waals surface area contributed by atoms with Crippen LogP contribution in [-0.2, 0) is 0 Å². The van der Waals surface area contributed by atoms with Gasteiger partial charge in [-0.05, 0) is 52.0 Å². The van der Waals surface area contributed by atoms with Gasteiger partial charge in [-0.3, -0.25) is 0 Å². The molecule has 0 bridgehead atoms. The average molecular weight is 393 g/mol. The largest absolute Gasteiger partial charge is 0.507 e. The van der Waals surface area contributed by atoms with E-state index in [1.54, 1.807) is 16.9 Å². The molecule has 1 aliphatic rings. The summed E-state index contributed by atoms with van der Waals surface area (Å²) in [5.41, 5.74) is 1.99. The molecule has 2 N–H and O–H groups in total. The lowest BCUT2D eigenvalue weighted by molar-refractivity contribution is 0.0524. The molecule has 1 fully saturated rings. The van der Waals surface area contributed by atoms with Gasteiger partial charge in [-0.15, -0.1) is 10.2 Å². The third kappa shape index (κ3) is 4.40. The number of phenolic OH excluding ortho intramolecular Hbond substituents is 1. The van der Waals surface area contributed by atoms with Crippen LogP contribution in [0.3, 0.4) is 0 Å². The number of hydrogen-bond acceptors (Lipinski definition) is 6. The molecule has 1 aromatic carbocycles. The van der Waals surface area contributed by atoms with Crippen LogP contribution in [0, 0.1) is 0 Å². The van der Waals surface area contributed by atoms with Crippen molar-refractivity contribution in [2.45, 2.75) is 57.7 Å². The van der Waals surface area contributed by atoms with Crippen molar-refractivity contribution < 1.29 is 9.84 Å². The Morgan fingerprint density at radius 2 is 1.83 bits per heavy atom. The molecular formula is C22H27N5O2. The summed E-state index contributed by atoms with van der Waals surface area (Å²) in [5, 5.41) is 26.8. The molecular weight excluding hydrogens is 366 g/mol. The molecule has 1 aliphatic heterocycles. The minimum absolute atomic E-state index is 0.00188. The van der Waals surface area contributed by atoms with E-state index in [9.17, 15) is 5.11 Å². The van der Waals surface area contributed by atoms with Crippen molar-refractivity contribution in [2.75, 3.05) is 0 Å². The van der Waals surface area contributed by atoms with E-state index in [-0.39, 0.29) is 22.9 Å². The van der Waals surface area contributed by atoms with Gasteiger partial charge in [0.1, 0.15) is 11.9 Å². The van der Waals surface area contributed by atoms with E-state index in [0.29, 0.717) is 17.1 Å². The van der Waals surface area contributed by atoms with Crippen LogP contribution in [0.15, 0.2) is 48.8 Å². The van der Waals surface area contributed by atoms with Crippen LogP contribution < -0.4 is 10.1 Å². The van der Waals surface area contributed by atoms with E-state index in [1.807, 2.05) is 36.5 Å². The first-order valence-electron chi connectivity index (χ1n) is 9.84. The molecule has 3 aromatic rings. The zero-order valence-electron chi connectivity index (χ0n) is 17.3. The van der Waals surface area contributed by atoms with Gasteiger partial charge in [0.15, 0.2) is 0 Å². The highest BCUT2D eigenvalue weighted by atomic mass is 16.5.